The van der Waals surface area contributed by atoms with Crippen LogP contribution in [0.25, 0.3) is 11.5 Å². The van der Waals surface area contributed by atoms with Gasteiger partial charge in [-0.05, 0) is 67.9 Å². The van der Waals surface area contributed by atoms with Gasteiger partial charge in [-0.2, -0.15) is 0 Å². The van der Waals surface area contributed by atoms with Gasteiger partial charge in [-0.25, -0.2) is 16.8 Å². The van der Waals surface area contributed by atoms with Crippen molar-refractivity contribution in [3.8, 4) is 23.0 Å². The third-order valence-corrected chi connectivity index (χ3v) is 11.1. The van der Waals surface area contributed by atoms with Crippen LogP contribution in [0.3, 0.4) is 0 Å². The van der Waals surface area contributed by atoms with Crippen LogP contribution in [0.1, 0.15) is 25.3 Å². The van der Waals surface area contributed by atoms with E-state index in [9.17, 15) is 21.6 Å². The molecule has 4 aromatic rings. The van der Waals surface area contributed by atoms with Crippen LogP contribution in [-0.2, 0) is 35.8 Å². The highest BCUT2D eigenvalue weighted by Gasteiger charge is 2.39. The number of rotatable bonds is 7. The van der Waals surface area contributed by atoms with E-state index in [0.717, 1.165) is 6.26 Å². The number of anilines is 1. The van der Waals surface area contributed by atoms with Crippen LogP contribution in [0.15, 0.2) is 76.0 Å². The zero-order valence-electron chi connectivity index (χ0n) is 22.8. The molecule has 0 radical (unpaired) electrons. The molecule has 0 saturated carbocycles. The third-order valence-electron chi connectivity index (χ3n) is 6.98. The van der Waals surface area contributed by atoms with Crippen LogP contribution in [0.5, 0.6) is 11.5 Å². The number of sulfone groups is 2. The van der Waals surface area contributed by atoms with Gasteiger partial charge in [0.15, 0.2) is 19.7 Å². The Hall–Kier alpha value is -3.78. The molecule has 2 N–H and O–H groups in total. The number of amides is 1. The van der Waals surface area contributed by atoms with E-state index >= 15 is 0 Å². The lowest BCUT2D eigenvalue weighted by Crippen LogP contribution is -2.45. The summed E-state index contributed by atoms with van der Waals surface area (Å²) in [7, 11) is -7.53. The predicted molar refractivity (Wildman–Crippen MR) is 157 cm³/mol. The SMILES string of the molecule is CC(C)(c1nnc(-c2ccc3c(c2)N(Cc2ccc(Oc4cccc(Cl)c4)cc2)C(=O)[C@@H](N)CS3(=O)=O)o1)S(C)(=O)=O. The Morgan fingerprint density at radius 3 is 2.45 bits per heavy atom. The molecule has 0 unspecified atom stereocenters. The first-order chi connectivity index (χ1) is 19.7. The van der Waals surface area contributed by atoms with Crippen LogP contribution in [0.2, 0.25) is 5.02 Å². The molecule has 1 aliphatic rings. The topological polar surface area (TPSA) is 163 Å². The molecule has 11 nitrogen and oxygen atoms in total. The number of carbonyl (C=O) groups excluding carboxylic acids is 1. The van der Waals surface area contributed by atoms with Crippen molar-refractivity contribution in [3.05, 3.63) is 83.2 Å². The van der Waals surface area contributed by atoms with Crippen molar-refractivity contribution in [2.45, 2.75) is 36.1 Å². The summed E-state index contributed by atoms with van der Waals surface area (Å²) in [5.41, 5.74) is 7.11. The van der Waals surface area contributed by atoms with Crippen molar-refractivity contribution in [2.24, 2.45) is 5.73 Å². The van der Waals surface area contributed by atoms with Crippen LogP contribution in [0, 0.1) is 0 Å². The van der Waals surface area contributed by atoms with Gasteiger partial charge < -0.3 is 19.8 Å². The fraction of sp³-hybridized carbons (Fsp3) is 0.250. The Labute approximate surface area is 248 Å². The van der Waals surface area contributed by atoms with E-state index < -0.39 is 42.1 Å². The highest BCUT2D eigenvalue weighted by molar-refractivity contribution is 7.92. The van der Waals surface area contributed by atoms with Crippen molar-refractivity contribution in [3.63, 3.8) is 0 Å². The van der Waals surface area contributed by atoms with Crippen molar-refractivity contribution >= 4 is 42.9 Å². The standard InChI is InChI=1S/C28H27ClN4O7S2/c1-28(2,41(3,35)36)27-32-31-25(40-27)18-9-12-24-23(13-18)33(26(34)22(30)16-42(24,37)38)15-17-7-10-20(11-8-17)39-21-6-4-5-19(29)14-21/h4-14,22H,15-16,30H2,1-3H3/t22-/m0/s1. The Balaban J connectivity index is 1.50. The molecule has 3 aromatic carbocycles. The fourth-order valence-corrected chi connectivity index (χ4v) is 6.40. The van der Waals surface area contributed by atoms with Crippen molar-refractivity contribution < 1.29 is 30.8 Å². The first kappa shape index (κ1) is 29.7. The molecule has 0 bridgehead atoms. The van der Waals surface area contributed by atoms with Gasteiger partial charge in [0.2, 0.25) is 17.7 Å². The van der Waals surface area contributed by atoms with Crippen molar-refractivity contribution in [1.29, 1.82) is 0 Å². The summed E-state index contributed by atoms with van der Waals surface area (Å²) in [6.45, 7) is 2.89. The summed E-state index contributed by atoms with van der Waals surface area (Å²) in [6, 6.07) is 16.8. The van der Waals surface area contributed by atoms with E-state index in [1.54, 1.807) is 48.5 Å². The summed E-state index contributed by atoms with van der Waals surface area (Å²) < 4.78 is 60.9. The lowest BCUT2D eigenvalue weighted by Gasteiger charge is -2.24. The van der Waals surface area contributed by atoms with E-state index in [2.05, 4.69) is 10.2 Å². The smallest absolute Gasteiger partial charge is 0.247 e. The lowest BCUT2D eigenvalue weighted by molar-refractivity contribution is -0.119. The quantitative estimate of drug-likeness (QED) is 0.314. The van der Waals surface area contributed by atoms with E-state index in [4.69, 9.17) is 26.5 Å². The van der Waals surface area contributed by atoms with Crippen molar-refractivity contribution in [2.75, 3.05) is 16.9 Å². The minimum absolute atomic E-state index is 0.00610. The number of halogens is 1. The highest BCUT2D eigenvalue weighted by Crippen LogP contribution is 2.37. The number of carbonyl (C=O) groups is 1. The molecule has 220 valence electrons. The van der Waals surface area contributed by atoms with Crippen LogP contribution < -0.4 is 15.4 Å². The fourth-order valence-electron chi connectivity index (χ4n) is 4.26. The van der Waals surface area contributed by atoms with Gasteiger partial charge in [-0.15, -0.1) is 10.2 Å². The number of aromatic nitrogens is 2. The number of hydrogen-bond acceptors (Lipinski definition) is 10. The van der Waals surface area contributed by atoms with Gasteiger partial charge >= 0.3 is 0 Å². The average Bonchev–Trinajstić information content (AvgIpc) is 3.40. The molecule has 0 spiro atoms. The molecule has 1 atom stereocenters. The molecular formula is C28H27ClN4O7S2. The summed E-state index contributed by atoms with van der Waals surface area (Å²) in [5, 5.41) is 8.43. The molecule has 5 rings (SSSR count). The minimum atomic E-state index is -3.93. The minimum Gasteiger partial charge on any atom is -0.457 e. The first-order valence-corrected chi connectivity index (χ1v) is 16.6. The van der Waals surface area contributed by atoms with Gasteiger partial charge in [0, 0.05) is 16.8 Å². The van der Waals surface area contributed by atoms with E-state index in [0.29, 0.717) is 27.6 Å². The second-order valence-electron chi connectivity index (χ2n) is 10.4. The van der Waals surface area contributed by atoms with Crippen LogP contribution in [0.4, 0.5) is 5.69 Å². The second-order valence-corrected chi connectivity index (χ2v) is 15.4. The molecule has 1 aromatic heterocycles. The van der Waals surface area contributed by atoms with Gasteiger partial charge in [0.25, 0.3) is 0 Å². The molecule has 1 aliphatic heterocycles. The Morgan fingerprint density at radius 2 is 1.79 bits per heavy atom. The number of ether oxygens (including phenoxy) is 1. The molecule has 0 aliphatic carbocycles. The summed E-state index contributed by atoms with van der Waals surface area (Å²) in [6.07, 6.45) is 1.06. The molecule has 1 amide bonds. The lowest BCUT2D eigenvalue weighted by atomic mass is 10.1. The summed E-state index contributed by atoms with van der Waals surface area (Å²) in [4.78, 5) is 14.6. The first-order valence-electron chi connectivity index (χ1n) is 12.7. The molecule has 0 saturated heterocycles. The number of benzene rings is 3. The van der Waals surface area contributed by atoms with E-state index in [1.165, 1.54) is 36.9 Å². The maximum Gasteiger partial charge on any atom is 0.247 e. The zero-order valence-corrected chi connectivity index (χ0v) is 25.2. The monoisotopic (exact) mass is 630 g/mol. The van der Waals surface area contributed by atoms with Crippen LogP contribution >= 0.6 is 11.6 Å². The summed E-state index contributed by atoms with van der Waals surface area (Å²) >= 11 is 6.03. The maximum absolute atomic E-state index is 13.4. The maximum atomic E-state index is 13.4. The van der Waals surface area contributed by atoms with E-state index in [-0.39, 0.29) is 28.9 Å². The number of nitrogens with zero attached hydrogens (tertiary/aromatic N) is 3. The van der Waals surface area contributed by atoms with E-state index in [1.807, 2.05) is 0 Å². The van der Waals surface area contributed by atoms with Gasteiger partial charge in [-0.3, -0.25) is 4.79 Å². The second kappa shape index (κ2) is 10.8. The molecule has 2 heterocycles. The number of nitrogens with two attached hydrogens (primary N) is 1. The highest BCUT2D eigenvalue weighted by atomic mass is 35.5. The van der Waals surface area contributed by atoms with Gasteiger partial charge in [0.1, 0.15) is 16.2 Å². The predicted octanol–water partition coefficient (Wildman–Crippen LogP) is 4.11. The summed E-state index contributed by atoms with van der Waals surface area (Å²) in [5.74, 6) is -0.218. The van der Waals surface area contributed by atoms with Gasteiger partial charge in [-0.1, -0.05) is 29.8 Å². The normalized spacial score (nSPS) is 17.0. The Morgan fingerprint density at radius 1 is 1.07 bits per heavy atom. The molecule has 42 heavy (non-hydrogen) atoms. The Bertz CT molecular complexity index is 1890. The van der Waals surface area contributed by atoms with Crippen LogP contribution in [-0.4, -0.2) is 51.0 Å². The largest absolute Gasteiger partial charge is 0.457 e. The zero-order chi connectivity index (χ0) is 30.4. The Kier molecular flexibility index (Phi) is 7.64. The van der Waals surface area contributed by atoms with Gasteiger partial charge in [0.05, 0.1) is 28.9 Å². The molecule has 0 fully saturated rings. The van der Waals surface area contributed by atoms with Crippen molar-refractivity contribution in [1.82, 2.24) is 10.2 Å². The third kappa shape index (κ3) is 5.77. The average molecular weight is 631 g/mol. The number of fused-ring (bicyclic) bond motifs is 1. The molecule has 14 heteroatoms. The number of hydrogen-bond donors (Lipinski definition) is 1. The molecular weight excluding hydrogens is 604 g/mol.